The third kappa shape index (κ3) is 5.40. The Labute approximate surface area is 207 Å². The number of hydrogen-bond donors (Lipinski definition) is 2. The maximum atomic E-state index is 13.9. The number of tetrazole rings is 1. The summed E-state index contributed by atoms with van der Waals surface area (Å²) in [6, 6.07) is 14.0. The average Bonchev–Trinajstić information content (AvgIpc) is 3.57. The van der Waals surface area contributed by atoms with Gasteiger partial charge < -0.3 is 14.4 Å². The number of benzene rings is 2. The van der Waals surface area contributed by atoms with Gasteiger partial charge in [-0.3, -0.25) is 9.69 Å². The third-order valence-corrected chi connectivity index (χ3v) is 5.79. The number of H-pyrrole nitrogens is 1. The van der Waals surface area contributed by atoms with Crippen LogP contribution in [0.15, 0.2) is 54.7 Å². The second-order valence-electron chi connectivity index (χ2n) is 8.17. The summed E-state index contributed by atoms with van der Waals surface area (Å²) in [5.41, 5.74) is 2.19. The van der Waals surface area contributed by atoms with Gasteiger partial charge in [0.2, 0.25) is 0 Å². The molecule has 0 spiro atoms. The third-order valence-electron chi connectivity index (χ3n) is 5.79. The van der Waals surface area contributed by atoms with Crippen molar-refractivity contribution in [1.29, 1.82) is 0 Å². The lowest BCUT2D eigenvalue weighted by Crippen LogP contribution is -2.33. The summed E-state index contributed by atoms with van der Waals surface area (Å²) in [5.74, 6) is 0.192. The second-order valence-corrected chi connectivity index (χ2v) is 8.17. The SMILES string of the molecule is CCCCc1ncc(C(=O)N(Cc2ccccc2OC)c2nn[nH]n2)n1Cc1ccc(C(=O)O)cc1. The molecule has 0 aliphatic rings. The smallest absolute Gasteiger partial charge is 0.335 e. The first-order valence-electron chi connectivity index (χ1n) is 11.6. The molecule has 11 heteroatoms. The minimum absolute atomic E-state index is 0.125. The zero-order chi connectivity index (χ0) is 25.5. The van der Waals surface area contributed by atoms with Gasteiger partial charge in [0.05, 0.1) is 25.4 Å². The number of hydrogen-bond acceptors (Lipinski definition) is 7. The quantitative estimate of drug-likeness (QED) is 0.327. The summed E-state index contributed by atoms with van der Waals surface area (Å²) in [4.78, 5) is 31.1. The normalized spacial score (nSPS) is 10.8. The maximum Gasteiger partial charge on any atom is 0.335 e. The molecule has 0 unspecified atom stereocenters. The summed E-state index contributed by atoms with van der Waals surface area (Å²) >= 11 is 0. The predicted molar refractivity (Wildman–Crippen MR) is 131 cm³/mol. The number of amides is 1. The summed E-state index contributed by atoms with van der Waals surface area (Å²) in [6.45, 7) is 2.61. The Hall–Kier alpha value is -4.54. The molecule has 36 heavy (non-hydrogen) atoms. The number of carboxylic acids is 1. The fourth-order valence-corrected chi connectivity index (χ4v) is 3.88. The number of nitrogens with zero attached hydrogens (tertiary/aromatic N) is 6. The molecular formula is C25H27N7O4. The maximum absolute atomic E-state index is 13.9. The molecule has 2 N–H and O–H groups in total. The van der Waals surface area contributed by atoms with E-state index in [9.17, 15) is 14.7 Å². The van der Waals surface area contributed by atoms with E-state index in [1.165, 1.54) is 4.90 Å². The molecule has 0 atom stereocenters. The van der Waals surface area contributed by atoms with Crippen molar-refractivity contribution in [2.24, 2.45) is 0 Å². The van der Waals surface area contributed by atoms with E-state index in [0.29, 0.717) is 24.4 Å². The molecule has 0 saturated carbocycles. The monoisotopic (exact) mass is 489 g/mol. The molecule has 186 valence electrons. The van der Waals surface area contributed by atoms with Gasteiger partial charge >= 0.3 is 5.97 Å². The van der Waals surface area contributed by atoms with E-state index in [2.05, 4.69) is 32.5 Å². The number of carbonyl (C=O) groups excluding carboxylic acids is 1. The predicted octanol–water partition coefficient (Wildman–Crippen LogP) is 3.34. The number of ether oxygens (including phenoxy) is 1. The lowest BCUT2D eigenvalue weighted by atomic mass is 10.1. The zero-order valence-electron chi connectivity index (χ0n) is 20.1. The van der Waals surface area contributed by atoms with Crippen LogP contribution in [0.25, 0.3) is 0 Å². The van der Waals surface area contributed by atoms with Crippen molar-refractivity contribution in [3.8, 4) is 5.75 Å². The topological polar surface area (TPSA) is 139 Å². The van der Waals surface area contributed by atoms with Crippen LogP contribution in [0.5, 0.6) is 5.75 Å². The minimum atomic E-state index is -0.990. The van der Waals surface area contributed by atoms with Gasteiger partial charge in [-0.25, -0.2) is 9.78 Å². The molecule has 0 fully saturated rings. The van der Waals surface area contributed by atoms with Crippen molar-refractivity contribution in [2.75, 3.05) is 12.0 Å². The number of unbranched alkanes of at least 4 members (excludes halogenated alkanes) is 1. The summed E-state index contributed by atoms with van der Waals surface area (Å²) in [6.07, 6.45) is 4.16. The van der Waals surface area contributed by atoms with Crippen molar-refractivity contribution < 1.29 is 19.4 Å². The molecule has 2 heterocycles. The molecule has 0 bridgehead atoms. The number of carbonyl (C=O) groups is 2. The molecule has 0 saturated heterocycles. The Bertz CT molecular complexity index is 1320. The van der Waals surface area contributed by atoms with Gasteiger partial charge in [-0.15, -0.1) is 5.10 Å². The van der Waals surface area contributed by atoms with Crippen LogP contribution >= 0.6 is 0 Å². The van der Waals surface area contributed by atoms with E-state index in [4.69, 9.17) is 4.74 Å². The first-order chi connectivity index (χ1) is 17.5. The Balaban J connectivity index is 1.71. The summed E-state index contributed by atoms with van der Waals surface area (Å²) < 4.78 is 7.33. The van der Waals surface area contributed by atoms with Crippen LogP contribution in [0.2, 0.25) is 0 Å². The van der Waals surface area contributed by atoms with Crippen molar-refractivity contribution in [3.05, 3.63) is 82.9 Å². The lowest BCUT2D eigenvalue weighted by molar-refractivity contribution is 0.0696. The van der Waals surface area contributed by atoms with E-state index < -0.39 is 5.97 Å². The average molecular weight is 490 g/mol. The molecule has 2 aromatic carbocycles. The highest BCUT2D eigenvalue weighted by atomic mass is 16.5. The van der Waals surface area contributed by atoms with Crippen LogP contribution in [0.3, 0.4) is 0 Å². The van der Waals surface area contributed by atoms with E-state index in [1.54, 1.807) is 37.6 Å². The van der Waals surface area contributed by atoms with Gasteiger partial charge in [0, 0.05) is 18.5 Å². The number of aryl methyl sites for hydroxylation is 1. The lowest BCUT2D eigenvalue weighted by Gasteiger charge is -2.21. The van der Waals surface area contributed by atoms with Crippen LogP contribution in [0.4, 0.5) is 5.95 Å². The van der Waals surface area contributed by atoms with Gasteiger partial charge in [0.15, 0.2) is 0 Å². The number of nitrogens with one attached hydrogen (secondary N) is 1. The molecule has 2 aromatic heterocycles. The second kappa shape index (κ2) is 11.3. The van der Waals surface area contributed by atoms with Crippen molar-refractivity contribution in [3.63, 3.8) is 0 Å². The minimum Gasteiger partial charge on any atom is -0.496 e. The molecule has 1 amide bonds. The number of aromatic carboxylic acids is 1. The van der Waals surface area contributed by atoms with Crippen LogP contribution in [-0.2, 0) is 19.5 Å². The van der Waals surface area contributed by atoms with E-state index in [1.807, 2.05) is 28.8 Å². The van der Waals surface area contributed by atoms with Crippen LogP contribution in [0, 0.1) is 0 Å². The fraction of sp³-hybridized carbons (Fsp3) is 0.280. The van der Waals surface area contributed by atoms with Crippen molar-refractivity contribution in [1.82, 2.24) is 30.2 Å². The van der Waals surface area contributed by atoms with Crippen LogP contribution in [0.1, 0.15) is 57.6 Å². The number of anilines is 1. The number of aromatic nitrogens is 6. The molecule has 4 aromatic rings. The molecular weight excluding hydrogens is 462 g/mol. The number of carboxylic acid groups (broad SMARTS) is 1. The summed E-state index contributed by atoms with van der Waals surface area (Å²) in [5, 5.41) is 23.3. The number of methoxy groups -OCH3 is 1. The first kappa shape index (κ1) is 24.6. The molecule has 0 aliphatic carbocycles. The number of para-hydroxylation sites is 1. The van der Waals surface area contributed by atoms with Gasteiger partial charge in [0.25, 0.3) is 11.9 Å². The highest BCUT2D eigenvalue weighted by Crippen LogP contribution is 2.23. The number of aromatic amines is 1. The van der Waals surface area contributed by atoms with Gasteiger partial charge in [-0.1, -0.05) is 48.8 Å². The van der Waals surface area contributed by atoms with E-state index in [-0.39, 0.29) is 24.0 Å². The van der Waals surface area contributed by atoms with E-state index >= 15 is 0 Å². The largest absolute Gasteiger partial charge is 0.496 e. The highest BCUT2D eigenvalue weighted by Gasteiger charge is 2.27. The Morgan fingerprint density at radius 2 is 1.92 bits per heavy atom. The Morgan fingerprint density at radius 3 is 2.58 bits per heavy atom. The van der Waals surface area contributed by atoms with Crippen molar-refractivity contribution >= 4 is 17.8 Å². The van der Waals surface area contributed by atoms with Crippen LogP contribution in [-0.4, -0.2) is 54.3 Å². The number of rotatable bonds is 11. The van der Waals surface area contributed by atoms with Gasteiger partial charge in [-0.2, -0.15) is 5.21 Å². The Kier molecular flexibility index (Phi) is 7.69. The first-order valence-corrected chi connectivity index (χ1v) is 11.6. The molecule has 11 nitrogen and oxygen atoms in total. The van der Waals surface area contributed by atoms with Gasteiger partial charge in [0.1, 0.15) is 17.3 Å². The van der Waals surface area contributed by atoms with Crippen LogP contribution < -0.4 is 9.64 Å². The fourth-order valence-electron chi connectivity index (χ4n) is 3.88. The number of imidazole rings is 1. The Morgan fingerprint density at radius 1 is 1.14 bits per heavy atom. The van der Waals surface area contributed by atoms with E-state index in [0.717, 1.165) is 29.8 Å². The zero-order valence-corrected chi connectivity index (χ0v) is 20.1. The molecule has 0 radical (unpaired) electrons. The highest BCUT2D eigenvalue weighted by molar-refractivity contribution is 6.03. The van der Waals surface area contributed by atoms with Crippen molar-refractivity contribution in [2.45, 2.75) is 39.3 Å². The summed E-state index contributed by atoms with van der Waals surface area (Å²) in [7, 11) is 1.57. The standard InChI is InChI=1S/C25H27N7O4/c1-3-4-9-22-26-14-20(31(22)15-17-10-12-18(13-11-17)24(34)35)23(33)32(25-27-29-30-28-25)16-19-7-5-6-8-21(19)36-2/h5-8,10-14H,3-4,9,15-16H2,1-2H3,(H,34,35)(H,27,28,29,30). The van der Waals surface area contributed by atoms with Gasteiger partial charge in [-0.05, 0) is 35.4 Å². The molecule has 0 aliphatic heterocycles. The molecule has 4 rings (SSSR count).